The zero-order valence-corrected chi connectivity index (χ0v) is 23.4. The van der Waals surface area contributed by atoms with E-state index in [-0.39, 0.29) is 17.0 Å². The molecule has 0 aliphatic rings. The van der Waals surface area contributed by atoms with Crippen molar-refractivity contribution in [3.8, 4) is 0 Å². The van der Waals surface area contributed by atoms with Gasteiger partial charge in [0, 0.05) is 0 Å². The highest BCUT2D eigenvalue weighted by molar-refractivity contribution is 4.51. The molecule has 0 aliphatic heterocycles. The van der Waals surface area contributed by atoms with E-state index in [1.54, 1.807) is 0 Å². The Balaban J connectivity index is 0. The van der Waals surface area contributed by atoms with Gasteiger partial charge in [0.2, 0.25) is 0 Å². The van der Waals surface area contributed by atoms with Crippen molar-refractivity contribution in [2.75, 3.05) is 27.7 Å². The SMILES string of the molecule is CCCCCCCCCCCCCCCCCCCCCCCCC[N+](C)(C)C.[Br-]. The first-order valence-electron chi connectivity index (χ1n) is 13.9. The van der Waals surface area contributed by atoms with E-state index in [2.05, 4.69) is 28.1 Å². The Kier molecular flexibility index (Phi) is 27.9. The maximum Gasteiger partial charge on any atom is 0.0780 e. The molecule has 0 aromatic rings. The fraction of sp³-hybridized carbons (Fsp3) is 1.00. The lowest BCUT2D eigenvalue weighted by atomic mass is 10.0. The summed E-state index contributed by atoms with van der Waals surface area (Å²) < 4.78 is 1.12. The maximum atomic E-state index is 2.30. The second-order valence-electron chi connectivity index (χ2n) is 10.8. The van der Waals surface area contributed by atoms with Gasteiger partial charge in [0.15, 0.2) is 0 Å². The first kappa shape index (κ1) is 32.6. The van der Waals surface area contributed by atoms with Crippen LogP contribution in [0.15, 0.2) is 0 Å². The molecule has 184 valence electrons. The van der Waals surface area contributed by atoms with Crippen LogP contribution in [0, 0.1) is 0 Å². The highest BCUT2D eigenvalue weighted by atomic mass is 79.9. The van der Waals surface area contributed by atoms with Crippen LogP contribution >= 0.6 is 0 Å². The van der Waals surface area contributed by atoms with E-state index >= 15 is 0 Å². The molecule has 0 N–H and O–H groups in total. The molecular weight excluding hydrogens is 430 g/mol. The van der Waals surface area contributed by atoms with Gasteiger partial charge in [0.1, 0.15) is 0 Å². The Hall–Kier alpha value is 0.440. The molecule has 0 saturated carbocycles. The monoisotopic (exact) mass is 489 g/mol. The Labute approximate surface area is 203 Å². The minimum absolute atomic E-state index is 0. The molecule has 0 saturated heterocycles. The molecule has 0 radical (unpaired) electrons. The van der Waals surface area contributed by atoms with E-state index in [0.29, 0.717) is 0 Å². The van der Waals surface area contributed by atoms with Gasteiger partial charge < -0.3 is 21.5 Å². The molecular formula is C28H60BrN. The molecule has 0 rings (SSSR count). The summed E-state index contributed by atoms with van der Waals surface area (Å²) in [5.74, 6) is 0. The number of nitrogens with zero attached hydrogens (tertiary/aromatic N) is 1. The summed E-state index contributed by atoms with van der Waals surface area (Å²) in [5.41, 5.74) is 0. The van der Waals surface area contributed by atoms with Gasteiger partial charge in [-0.3, -0.25) is 0 Å². The van der Waals surface area contributed by atoms with Crippen molar-refractivity contribution in [2.45, 2.75) is 155 Å². The van der Waals surface area contributed by atoms with Gasteiger partial charge in [0.25, 0.3) is 0 Å². The highest BCUT2D eigenvalue weighted by Gasteiger charge is 2.05. The van der Waals surface area contributed by atoms with Crippen molar-refractivity contribution in [3.05, 3.63) is 0 Å². The van der Waals surface area contributed by atoms with E-state index in [4.69, 9.17) is 0 Å². The van der Waals surface area contributed by atoms with Crippen molar-refractivity contribution < 1.29 is 21.5 Å². The van der Waals surface area contributed by atoms with Gasteiger partial charge in [-0.1, -0.05) is 142 Å². The molecule has 0 fully saturated rings. The molecule has 0 bridgehead atoms. The number of unbranched alkanes of at least 4 members (excludes halogenated alkanes) is 22. The molecule has 0 amide bonds. The average Bonchev–Trinajstić information content (AvgIpc) is 2.67. The maximum absolute atomic E-state index is 2.30. The first-order valence-corrected chi connectivity index (χ1v) is 13.9. The number of rotatable bonds is 24. The van der Waals surface area contributed by atoms with Crippen molar-refractivity contribution in [2.24, 2.45) is 0 Å². The summed E-state index contributed by atoms with van der Waals surface area (Å²) in [6.45, 7) is 3.64. The zero-order valence-electron chi connectivity index (χ0n) is 21.8. The summed E-state index contributed by atoms with van der Waals surface area (Å²) in [4.78, 5) is 0. The predicted molar refractivity (Wildman–Crippen MR) is 135 cm³/mol. The van der Waals surface area contributed by atoms with E-state index < -0.39 is 0 Å². The zero-order chi connectivity index (χ0) is 21.5. The van der Waals surface area contributed by atoms with Crippen LogP contribution < -0.4 is 17.0 Å². The Morgan fingerprint density at radius 2 is 0.533 bits per heavy atom. The summed E-state index contributed by atoms with van der Waals surface area (Å²) in [7, 11) is 6.91. The molecule has 0 atom stereocenters. The summed E-state index contributed by atoms with van der Waals surface area (Å²) in [6.07, 6.45) is 33.8. The molecule has 0 spiro atoms. The fourth-order valence-corrected chi connectivity index (χ4v) is 4.37. The van der Waals surface area contributed by atoms with Gasteiger partial charge in [-0.2, -0.15) is 0 Å². The lowest BCUT2D eigenvalue weighted by Gasteiger charge is -2.23. The lowest BCUT2D eigenvalue weighted by molar-refractivity contribution is -0.870. The molecule has 0 aliphatic carbocycles. The van der Waals surface area contributed by atoms with E-state index in [1.165, 1.54) is 154 Å². The third-order valence-electron chi connectivity index (χ3n) is 6.43. The Morgan fingerprint density at radius 1 is 0.333 bits per heavy atom. The van der Waals surface area contributed by atoms with Crippen LogP contribution in [-0.2, 0) is 0 Å². The average molecular weight is 491 g/mol. The molecule has 0 aromatic heterocycles. The van der Waals surface area contributed by atoms with Gasteiger partial charge in [-0.25, -0.2) is 0 Å². The summed E-state index contributed by atoms with van der Waals surface area (Å²) >= 11 is 0. The van der Waals surface area contributed by atoms with Crippen LogP contribution in [0.1, 0.15) is 155 Å². The van der Waals surface area contributed by atoms with Crippen molar-refractivity contribution in [1.29, 1.82) is 0 Å². The van der Waals surface area contributed by atoms with Crippen molar-refractivity contribution >= 4 is 0 Å². The quantitative estimate of drug-likeness (QED) is 0.104. The number of hydrogen-bond acceptors (Lipinski definition) is 0. The summed E-state index contributed by atoms with van der Waals surface area (Å²) in [6, 6.07) is 0. The molecule has 0 unspecified atom stereocenters. The molecule has 2 heteroatoms. The van der Waals surface area contributed by atoms with Crippen LogP contribution in [0.4, 0.5) is 0 Å². The number of halogens is 1. The first-order chi connectivity index (χ1) is 14.1. The molecule has 1 nitrogen and oxygen atoms in total. The van der Waals surface area contributed by atoms with E-state index in [1.807, 2.05) is 0 Å². The van der Waals surface area contributed by atoms with Gasteiger partial charge in [-0.05, 0) is 12.8 Å². The topological polar surface area (TPSA) is 0 Å². The normalized spacial score (nSPS) is 11.6. The standard InChI is InChI=1S/C28H60N.BrH/c1-5-6-7-8-9-10-11-12-13-14-15-16-17-18-19-20-21-22-23-24-25-26-27-28-29(2,3)4;/h5-28H2,1-4H3;1H/q+1;/p-1. The highest BCUT2D eigenvalue weighted by Crippen LogP contribution is 2.15. The van der Waals surface area contributed by atoms with Crippen LogP contribution in [0.5, 0.6) is 0 Å². The Morgan fingerprint density at radius 3 is 0.733 bits per heavy atom. The minimum atomic E-state index is 0. The smallest absolute Gasteiger partial charge is 0.0780 e. The minimum Gasteiger partial charge on any atom is -1.00 e. The van der Waals surface area contributed by atoms with Crippen LogP contribution in [0.25, 0.3) is 0 Å². The summed E-state index contributed by atoms with van der Waals surface area (Å²) in [5, 5.41) is 0. The third kappa shape index (κ3) is 30.6. The van der Waals surface area contributed by atoms with Gasteiger partial charge in [-0.15, -0.1) is 0 Å². The number of hydrogen-bond donors (Lipinski definition) is 0. The second-order valence-corrected chi connectivity index (χ2v) is 10.8. The van der Waals surface area contributed by atoms with Crippen LogP contribution in [0.3, 0.4) is 0 Å². The third-order valence-corrected chi connectivity index (χ3v) is 6.43. The molecule has 30 heavy (non-hydrogen) atoms. The van der Waals surface area contributed by atoms with Crippen LogP contribution in [0.2, 0.25) is 0 Å². The fourth-order valence-electron chi connectivity index (χ4n) is 4.37. The van der Waals surface area contributed by atoms with Gasteiger partial charge >= 0.3 is 0 Å². The molecule has 0 aromatic carbocycles. The number of quaternary nitrogens is 1. The lowest BCUT2D eigenvalue weighted by Crippen LogP contribution is -3.00. The largest absolute Gasteiger partial charge is 1.00 e. The second kappa shape index (κ2) is 25.7. The van der Waals surface area contributed by atoms with E-state index in [0.717, 1.165) is 4.48 Å². The van der Waals surface area contributed by atoms with Crippen molar-refractivity contribution in [3.63, 3.8) is 0 Å². The molecule has 0 heterocycles. The van der Waals surface area contributed by atoms with Crippen molar-refractivity contribution in [1.82, 2.24) is 0 Å². The van der Waals surface area contributed by atoms with Crippen LogP contribution in [-0.4, -0.2) is 32.2 Å². The van der Waals surface area contributed by atoms with Gasteiger partial charge in [0.05, 0.1) is 27.7 Å². The predicted octanol–water partition coefficient (Wildman–Crippen LogP) is 6.69. The Bertz CT molecular complexity index is 298. The van der Waals surface area contributed by atoms with E-state index in [9.17, 15) is 0 Å².